The monoisotopic (exact) mass is 506 g/mol. The van der Waals surface area contributed by atoms with Crippen molar-refractivity contribution in [2.75, 3.05) is 52.4 Å². The zero-order valence-electron chi connectivity index (χ0n) is 19.4. The predicted molar refractivity (Wildman–Crippen MR) is 130 cm³/mol. The van der Waals surface area contributed by atoms with Crippen molar-refractivity contribution >= 4 is 20.0 Å². The van der Waals surface area contributed by atoms with Crippen LogP contribution in [0.5, 0.6) is 0 Å². The normalized spacial score (nSPS) is 17.4. The molecule has 0 saturated carbocycles. The second kappa shape index (κ2) is 11.3. The summed E-state index contributed by atoms with van der Waals surface area (Å²) in [6.45, 7) is 5.63. The van der Waals surface area contributed by atoms with Crippen molar-refractivity contribution in [1.82, 2.24) is 13.5 Å². The predicted octanol–water partition coefficient (Wildman–Crippen LogP) is 2.61. The number of aryl methyl sites for hydroxylation is 2. The molecule has 10 nitrogen and oxygen atoms in total. The van der Waals surface area contributed by atoms with E-state index in [1.165, 1.54) is 8.61 Å². The quantitative estimate of drug-likeness (QED) is 0.324. The number of hydrogen-bond acceptors (Lipinski definition) is 6. The molecular weight excluding hydrogens is 476 g/mol. The molecular formula is C22H30N6O4S2. The van der Waals surface area contributed by atoms with Crippen LogP contribution in [0.4, 0.5) is 0 Å². The first-order chi connectivity index (χ1) is 16.1. The largest absolute Gasteiger partial charge is 0.301 e. The van der Waals surface area contributed by atoms with E-state index in [9.17, 15) is 16.8 Å². The van der Waals surface area contributed by atoms with Crippen LogP contribution in [0.3, 0.4) is 0 Å². The van der Waals surface area contributed by atoms with Gasteiger partial charge in [0.25, 0.3) is 0 Å². The van der Waals surface area contributed by atoms with Gasteiger partial charge in [0.15, 0.2) is 0 Å². The molecule has 0 bridgehead atoms. The highest BCUT2D eigenvalue weighted by molar-refractivity contribution is 7.89. The molecule has 1 fully saturated rings. The standard InChI is InChI=1S/C22H30N6O4S2/c1-19-3-7-21(8-4-19)33(29,30)27-15-13-26(12-11-24-25-23)14-16-28(18-17-27)34(31,32)22-9-5-20(2)6-10-22/h3-10H,11-18H2,1-2H3. The Kier molecular flexibility index (Phi) is 8.69. The van der Waals surface area contributed by atoms with Gasteiger partial charge in [-0.2, -0.15) is 8.61 Å². The van der Waals surface area contributed by atoms with Crippen molar-refractivity contribution in [2.24, 2.45) is 5.11 Å². The van der Waals surface area contributed by atoms with Crippen LogP contribution in [0, 0.1) is 13.8 Å². The Morgan fingerprint density at radius 2 is 1.12 bits per heavy atom. The smallest absolute Gasteiger partial charge is 0.243 e. The van der Waals surface area contributed by atoms with Crippen molar-refractivity contribution in [2.45, 2.75) is 23.6 Å². The van der Waals surface area contributed by atoms with Crippen LogP contribution in [0.1, 0.15) is 11.1 Å². The third-order valence-corrected chi connectivity index (χ3v) is 9.65. The maximum absolute atomic E-state index is 13.4. The average Bonchev–Trinajstić information content (AvgIpc) is 2.91. The Hall–Kier alpha value is -2.47. The van der Waals surface area contributed by atoms with Gasteiger partial charge in [-0.15, -0.1) is 0 Å². The van der Waals surface area contributed by atoms with E-state index in [1.807, 2.05) is 18.7 Å². The number of hydrogen-bond donors (Lipinski definition) is 0. The number of azide groups is 1. The van der Waals surface area contributed by atoms with Crippen molar-refractivity contribution < 1.29 is 16.8 Å². The Morgan fingerprint density at radius 1 is 0.735 bits per heavy atom. The van der Waals surface area contributed by atoms with E-state index in [-0.39, 0.29) is 42.5 Å². The third-order valence-electron chi connectivity index (χ3n) is 5.83. The van der Waals surface area contributed by atoms with Gasteiger partial charge in [0.05, 0.1) is 9.79 Å². The van der Waals surface area contributed by atoms with Crippen LogP contribution in [0.2, 0.25) is 0 Å². The lowest BCUT2D eigenvalue weighted by molar-refractivity contribution is 0.260. The molecule has 0 spiro atoms. The summed E-state index contributed by atoms with van der Waals surface area (Å²) in [6, 6.07) is 13.2. The van der Waals surface area contributed by atoms with Crippen LogP contribution < -0.4 is 0 Å². The van der Waals surface area contributed by atoms with Crippen LogP contribution in [-0.4, -0.2) is 82.7 Å². The molecule has 2 aromatic carbocycles. The van der Waals surface area contributed by atoms with Crippen LogP contribution in [0.15, 0.2) is 63.4 Å². The summed E-state index contributed by atoms with van der Waals surface area (Å²) in [5.41, 5.74) is 10.5. The fourth-order valence-corrected chi connectivity index (χ4v) is 6.56. The van der Waals surface area contributed by atoms with E-state index >= 15 is 0 Å². The molecule has 184 valence electrons. The van der Waals surface area contributed by atoms with Gasteiger partial charge in [0.2, 0.25) is 20.0 Å². The SMILES string of the molecule is Cc1ccc(S(=O)(=O)N2CCN(CCN=[N+]=[N-])CCN(S(=O)(=O)c3ccc(C)cc3)CC2)cc1. The van der Waals surface area contributed by atoms with Gasteiger partial charge >= 0.3 is 0 Å². The first kappa shape index (κ1) is 26.1. The highest BCUT2D eigenvalue weighted by Gasteiger charge is 2.31. The molecule has 1 heterocycles. The summed E-state index contributed by atoms with van der Waals surface area (Å²) in [5.74, 6) is 0. The summed E-state index contributed by atoms with van der Waals surface area (Å²) in [6.07, 6.45) is 0. The maximum atomic E-state index is 13.4. The Bertz CT molecular complexity index is 1140. The second-order valence-electron chi connectivity index (χ2n) is 8.23. The van der Waals surface area contributed by atoms with Crippen LogP contribution in [0.25, 0.3) is 10.4 Å². The van der Waals surface area contributed by atoms with Gasteiger partial charge in [-0.05, 0) is 43.6 Å². The highest BCUT2D eigenvalue weighted by Crippen LogP contribution is 2.20. The number of rotatable bonds is 7. The molecule has 12 heteroatoms. The van der Waals surface area contributed by atoms with Crippen molar-refractivity contribution in [3.05, 3.63) is 70.1 Å². The second-order valence-corrected chi connectivity index (χ2v) is 12.1. The minimum Gasteiger partial charge on any atom is -0.301 e. The first-order valence-corrected chi connectivity index (χ1v) is 13.9. The lowest BCUT2D eigenvalue weighted by Crippen LogP contribution is -2.41. The molecule has 1 saturated heterocycles. The molecule has 0 atom stereocenters. The van der Waals surface area contributed by atoms with E-state index in [2.05, 4.69) is 10.0 Å². The van der Waals surface area contributed by atoms with Gasteiger partial charge in [0.1, 0.15) is 0 Å². The topological polar surface area (TPSA) is 127 Å². The summed E-state index contributed by atoms with van der Waals surface area (Å²) in [4.78, 5) is 5.04. The van der Waals surface area contributed by atoms with Gasteiger partial charge in [-0.25, -0.2) is 16.8 Å². The molecule has 1 aliphatic rings. The number of sulfonamides is 2. The van der Waals surface area contributed by atoms with Gasteiger partial charge in [-0.3, -0.25) is 0 Å². The minimum absolute atomic E-state index is 0.0332. The molecule has 0 aliphatic carbocycles. The van der Waals surface area contributed by atoms with Crippen LogP contribution in [-0.2, 0) is 20.0 Å². The third kappa shape index (κ3) is 6.35. The van der Waals surface area contributed by atoms with E-state index in [0.717, 1.165) is 11.1 Å². The zero-order chi connectivity index (χ0) is 24.8. The fraction of sp³-hybridized carbons (Fsp3) is 0.455. The van der Waals surface area contributed by atoms with Gasteiger partial charge in [-0.1, -0.05) is 40.5 Å². The van der Waals surface area contributed by atoms with Gasteiger partial charge in [0, 0.05) is 57.3 Å². The van der Waals surface area contributed by atoms with E-state index in [1.54, 1.807) is 48.5 Å². The summed E-state index contributed by atoms with van der Waals surface area (Å²) >= 11 is 0. The van der Waals surface area contributed by atoms with E-state index < -0.39 is 20.0 Å². The first-order valence-electron chi connectivity index (χ1n) is 11.0. The van der Waals surface area contributed by atoms with Crippen molar-refractivity contribution in [1.29, 1.82) is 0 Å². The number of nitrogens with zero attached hydrogens (tertiary/aromatic N) is 6. The summed E-state index contributed by atoms with van der Waals surface area (Å²) in [7, 11) is -7.64. The average molecular weight is 507 g/mol. The zero-order valence-corrected chi connectivity index (χ0v) is 21.0. The molecule has 0 N–H and O–H groups in total. The van der Waals surface area contributed by atoms with Gasteiger partial charge < -0.3 is 4.90 Å². The van der Waals surface area contributed by atoms with E-state index in [0.29, 0.717) is 19.6 Å². The Balaban J connectivity index is 1.91. The molecule has 0 amide bonds. The lowest BCUT2D eigenvalue weighted by atomic mass is 10.2. The highest BCUT2D eigenvalue weighted by atomic mass is 32.2. The Morgan fingerprint density at radius 3 is 1.50 bits per heavy atom. The molecule has 1 aliphatic heterocycles. The summed E-state index contributed by atoms with van der Waals surface area (Å²) in [5, 5.41) is 3.57. The fourth-order valence-electron chi connectivity index (χ4n) is 3.72. The number of benzene rings is 2. The van der Waals surface area contributed by atoms with Crippen molar-refractivity contribution in [3.63, 3.8) is 0 Å². The minimum atomic E-state index is -3.82. The maximum Gasteiger partial charge on any atom is 0.243 e. The lowest BCUT2D eigenvalue weighted by Gasteiger charge is -2.25. The molecule has 3 rings (SSSR count). The molecule has 0 aromatic heterocycles. The van der Waals surface area contributed by atoms with Crippen LogP contribution >= 0.6 is 0 Å². The van der Waals surface area contributed by atoms with E-state index in [4.69, 9.17) is 5.53 Å². The summed E-state index contributed by atoms with van der Waals surface area (Å²) < 4.78 is 56.2. The Labute approximate surface area is 201 Å². The molecule has 34 heavy (non-hydrogen) atoms. The molecule has 0 unspecified atom stereocenters. The molecule has 2 aromatic rings. The van der Waals surface area contributed by atoms with Crippen molar-refractivity contribution in [3.8, 4) is 0 Å². The molecule has 0 radical (unpaired) electrons.